The van der Waals surface area contributed by atoms with Gasteiger partial charge in [0, 0.05) is 18.7 Å². The van der Waals surface area contributed by atoms with E-state index in [2.05, 4.69) is 15.5 Å². The van der Waals surface area contributed by atoms with Crippen molar-refractivity contribution in [3.63, 3.8) is 0 Å². The van der Waals surface area contributed by atoms with Crippen LogP contribution in [0.15, 0.2) is 33.9 Å². The Labute approximate surface area is 143 Å². The number of ether oxygens (including phenoxy) is 1. The molecule has 0 unspecified atom stereocenters. The third-order valence-corrected chi connectivity index (χ3v) is 4.61. The van der Waals surface area contributed by atoms with Crippen LogP contribution in [0.4, 0.5) is 4.39 Å². The molecule has 128 valence electrons. The van der Waals surface area contributed by atoms with E-state index in [1.807, 2.05) is 0 Å². The number of carbonyl (C=O) groups is 1. The van der Waals surface area contributed by atoms with Gasteiger partial charge in [-0.1, -0.05) is 11.8 Å². The van der Waals surface area contributed by atoms with E-state index < -0.39 is 0 Å². The standard InChI is InChI=1S/C16H18FN3O3S/c1-10(14(21)18-9-13-3-2-8-22-13)24-16-20-19-15(23-16)11-4-6-12(17)7-5-11/h4-7,10,13H,2-3,8-9H2,1H3,(H,18,21)/t10-,13-/m1/s1. The van der Waals surface area contributed by atoms with E-state index in [0.29, 0.717) is 23.2 Å². The van der Waals surface area contributed by atoms with Crippen molar-refractivity contribution in [1.82, 2.24) is 15.5 Å². The number of amides is 1. The van der Waals surface area contributed by atoms with Gasteiger partial charge in [-0.2, -0.15) is 0 Å². The smallest absolute Gasteiger partial charge is 0.277 e. The maximum Gasteiger partial charge on any atom is 0.277 e. The van der Waals surface area contributed by atoms with Gasteiger partial charge in [0.1, 0.15) is 5.82 Å². The summed E-state index contributed by atoms with van der Waals surface area (Å²) in [6, 6.07) is 5.78. The van der Waals surface area contributed by atoms with Crippen LogP contribution in [0.1, 0.15) is 19.8 Å². The first-order valence-corrected chi connectivity index (χ1v) is 8.65. The summed E-state index contributed by atoms with van der Waals surface area (Å²) in [5.74, 6) is -0.133. The average molecular weight is 351 g/mol. The van der Waals surface area contributed by atoms with Crippen molar-refractivity contribution < 1.29 is 18.3 Å². The number of nitrogens with one attached hydrogen (secondary N) is 1. The normalized spacial score (nSPS) is 18.5. The molecule has 0 spiro atoms. The predicted octanol–water partition coefficient (Wildman–Crippen LogP) is 2.65. The summed E-state index contributed by atoms with van der Waals surface area (Å²) in [5.41, 5.74) is 0.631. The van der Waals surface area contributed by atoms with Crippen molar-refractivity contribution in [2.24, 2.45) is 0 Å². The first-order valence-electron chi connectivity index (χ1n) is 7.77. The molecular formula is C16H18FN3O3S. The molecule has 2 aromatic rings. The summed E-state index contributed by atoms with van der Waals surface area (Å²) in [4.78, 5) is 12.1. The molecule has 3 rings (SSSR count). The maximum atomic E-state index is 12.9. The van der Waals surface area contributed by atoms with E-state index in [1.54, 1.807) is 19.1 Å². The lowest BCUT2D eigenvalue weighted by Gasteiger charge is -2.13. The number of nitrogens with zero attached hydrogens (tertiary/aromatic N) is 2. The van der Waals surface area contributed by atoms with Gasteiger partial charge in [0.15, 0.2) is 0 Å². The predicted molar refractivity (Wildman–Crippen MR) is 87.0 cm³/mol. The summed E-state index contributed by atoms with van der Waals surface area (Å²) in [5, 5.41) is 10.7. The van der Waals surface area contributed by atoms with Crippen molar-refractivity contribution in [3.8, 4) is 11.5 Å². The zero-order valence-corrected chi connectivity index (χ0v) is 14.0. The molecule has 0 aliphatic carbocycles. The fourth-order valence-corrected chi connectivity index (χ4v) is 3.04. The number of halogens is 1. The molecule has 0 bridgehead atoms. The Morgan fingerprint density at radius 3 is 2.92 bits per heavy atom. The van der Waals surface area contributed by atoms with Gasteiger partial charge in [-0.3, -0.25) is 4.79 Å². The second-order valence-electron chi connectivity index (χ2n) is 5.52. The van der Waals surface area contributed by atoms with Crippen LogP contribution in [0.2, 0.25) is 0 Å². The fraction of sp³-hybridized carbons (Fsp3) is 0.438. The largest absolute Gasteiger partial charge is 0.411 e. The lowest BCUT2D eigenvalue weighted by atomic mass is 10.2. The number of hydrogen-bond acceptors (Lipinski definition) is 6. The highest BCUT2D eigenvalue weighted by Gasteiger charge is 2.21. The van der Waals surface area contributed by atoms with Crippen LogP contribution in [-0.4, -0.2) is 40.6 Å². The van der Waals surface area contributed by atoms with Crippen molar-refractivity contribution in [2.45, 2.75) is 36.3 Å². The number of benzene rings is 1. The van der Waals surface area contributed by atoms with Crippen LogP contribution >= 0.6 is 11.8 Å². The molecule has 6 nitrogen and oxygen atoms in total. The number of thioether (sulfide) groups is 1. The molecule has 1 amide bonds. The van der Waals surface area contributed by atoms with E-state index in [-0.39, 0.29) is 23.1 Å². The van der Waals surface area contributed by atoms with Gasteiger partial charge < -0.3 is 14.5 Å². The van der Waals surface area contributed by atoms with E-state index in [1.165, 1.54) is 23.9 Å². The Morgan fingerprint density at radius 2 is 2.21 bits per heavy atom. The highest BCUT2D eigenvalue weighted by atomic mass is 32.2. The van der Waals surface area contributed by atoms with Crippen molar-refractivity contribution in [3.05, 3.63) is 30.1 Å². The molecular weight excluding hydrogens is 333 g/mol. The number of carbonyl (C=O) groups excluding carboxylic acids is 1. The molecule has 1 aromatic carbocycles. The van der Waals surface area contributed by atoms with E-state index in [0.717, 1.165) is 19.4 Å². The number of rotatable bonds is 6. The second kappa shape index (κ2) is 7.76. The minimum atomic E-state index is -0.368. The van der Waals surface area contributed by atoms with Crippen LogP contribution in [-0.2, 0) is 9.53 Å². The van der Waals surface area contributed by atoms with Crippen LogP contribution in [0.3, 0.4) is 0 Å². The summed E-state index contributed by atoms with van der Waals surface area (Å²) < 4.78 is 23.9. The SMILES string of the molecule is C[C@@H](Sc1nnc(-c2ccc(F)cc2)o1)C(=O)NC[C@H]1CCCO1. The first kappa shape index (κ1) is 16.9. The molecule has 1 aliphatic rings. The van der Waals surface area contributed by atoms with E-state index >= 15 is 0 Å². The van der Waals surface area contributed by atoms with Gasteiger partial charge in [0.25, 0.3) is 5.22 Å². The maximum absolute atomic E-state index is 12.9. The lowest BCUT2D eigenvalue weighted by Crippen LogP contribution is -2.36. The Kier molecular flexibility index (Phi) is 5.47. The topological polar surface area (TPSA) is 77.2 Å². The fourth-order valence-electron chi connectivity index (χ4n) is 2.33. The highest BCUT2D eigenvalue weighted by molar-refractivity contribution is 8.00. The van der Waals surface area contributed by atoms with Crippen LogP contribution in [0.25, 0.3) is 11.5 Å². The van der Waals surface area contributed by atoms with E-state index in [4.69, 9.17) is 9.15 Å². The molecule has 1 aromatic heterocycles. The Balaban J connectivity index is 1.53. The number of aromatic nitrogens is 2. The Hall–Kier alpha value is -1.93. The first-order chi connectivity index (χ1) is 11.6. The van der Waals surface area contributed by atoms with Crippen molar-refractivity contribution >= 4 is 17.7 Å². The second-order valence-corrected chi connectivity index (χ2v) is 6.81. The minimum Gasteiger partial charge on any atom is -0.411 e. The van der Waals surface area contributed by atoms with Gasteiger partial charge in [-0.25, -0.2) is 4.39 Å². The minimum absolute atomic E-state index is 0.1000. The summed E-state index contributed by atoms with van der Waals surface area (Å²) in [6.45, 7) is 3.06. The third kappa shape index (κ3) is 4.33. The van der Waals surface area contributed by atoms with Crippen LogP contribution < -0.4 is 5.32 Å². The van der Waals surface area contributed by atoms with Gasteiger partial charge in [0.05, 0.1) is 11.4 Å². The van der Waals surface area contributed by atoms with Gasteiger partial charge in [-0.15, -0.1) is 10.2 Å². The molecule has 24 heavy (non-hydrogen) atoms. The number of hydrogen-bond donors (Lipinski definition) is 1. The summed E-state index contributed by atoms with van der Waals surface area (Å²) >= 11 is 1.19. The quantitative estimate of drug-likeness (QED) is 0.806. The van der Waals surface area contributed by atoms with Crippen molar-refractivity contribution in [2.75, 3.05) is 13.2 Å². The monoisotopic (exact) mass is 351 g/mol. The molecule has 2 heterocycles. The van der Waals surface area contributed by atoms with Gasteiger partial charge >= 0.3 is 0 Å². The van der Waals surface area contributed by atoms with Gasteiger partial charge in [0.2, 0.25) is 11.8 Å². The van der Waals surface area contributed by atoms with E-state index in [9.17, 15) is 9.18 Å². The highest BCUT2D eigenvalue weighted by Crippen LogP contribution is 2.26. The molecule has 0 radical (unpaired) electrons. The molecule has 8 heteroatoms. The zero-order valence-electron chi connectivity index (χ0n) is 13.2. The molecule has 1 saturated heterocycles. The lowest BCUT2D eigenvalue weighted by molar-refractivity contribution is -0.120. The summed E-state index contributed by atoms with van der Waals surface area (Å²) in [6.07, 6.45) is 2.13. The average Bonchev–Trinajstić information content (AvgIpc) is 3.25. The Bertz CT molecular complexity index is 686. The zero-order chi connectivity index (χ0) is 16.9. The molecule has 1 N–H and O–H groups in total. The van der Waals surface area contributed by atoms with Gasteiger partial charge in [-0.05, 0) is 44.0 Å². The third-order valence-electron chi connectivity index (χ3n) is 3.67. The summed E-state index contributed by atoms with van der Waals surface area (Å²) in [7, 11) is 0. The molecule has 0 saturated carbocycles. The molecule has 2 atom stereocenters. The van der Waals surface area contributed by atoms with Crippen LogP contribution in [0.5, 0.6) is 0 Å². The Morgan fingerprint density at radius 1 is 1.42 bits per heavy atom. The van der Waals surface area contributed by atoms with Crippen LogP contribution in [0, 0.1) is 5.82 Å². The molecule has 1 fully saturated rings. The van der Waals surface area contributed by atoms with Crippen molar-refractivity contribution in [1.29, 1.82) is 0 Å². The molecule has 1 aliphatic heterocycles.